The second kappa shape index (κ2) is 8.24. The number of thiazole rings is 1. The Kier molecular flexibility index (Phi) is 5.08. The number of anilines is 1. The van der Waals surface area contributed by atoms with Crippen molar-refractivity contribution in [3.05, 3.63) is 84.2 Å². The van der Waals surface area contributed by atoms with Gasteiger partial charge < -0.3 is 14.5 Å². The average molecular weight is 460 g/mol. The molecule has 2 fully saturated rings. The Balaban J connectivity index is 1.22. The van der Waals surface area contributed by atoms with E-state index in [9.17, 15) is 9.18 Å². The number of fused-ring (bicyclic) bond motifs is 3. The van der Waals surface area contributed by atoms with Crippen LogP contribution in [-0.2, 0) is 4.74 Å². The molecule has 0 spiro atoms. The first kappa shape index (κ1) is 20.3. The van der Waals surface area contributed by atoms with Crippen molar-refractivity contribution in [1.82, 2.24) is 9.88 Å². The van der Waals surface area contributed by atoms with Gasteiger partial charge in [-0.2, -0.15) is 0 Å². The molecule has 7 heteroatoms. The van der Waals surface area contributed by atoms with Gasteiger partial charge in [-0.3, -0.25) is 4.79 Å². The fourth-order valence-corrected chi connectivity index (χ4v) is 5.75. The third kappa shape index (κ3) is 3.87. The Morgan fingerprint density at radius 2 is 1.67 bits per heavy atom. The van der Waals surface area contributed by atoms with Gasteiger partial charge in [0.15, 0.2) is 5.13 Å². The summed E-state index contributed by atoms with van der Waals surface area (Å²) < 4.78 is 20.6. The van der Waals surface area contributed by atoms with E-state index in [1.54, 1.807) is 6.07 Å². The lowest BCUT2D eigenvalue weighted by Gasteiger charge is -2.45. The Bertz CT molecular complexity index is 1310. The van der Waals surface area contributed by atoms with E-state index in [-0.39, 0.29) is 23.9 Å². The molecule has 5 nitrogen and oxygen atoms in total. The molecule has 0 saturated carbocycles. The highest BCUT2D eigenvalue weighted by molar-refractivity contribution is 7.22. The van der Waals surface area contributed by atoms with Crippen molar-refractivity contribution >= 4 is 32.6 Å². The fraction of sp³-hybridized carbons (Fsp3) is 0.231. The van der Waals surface area contributed by atoms with Crippen molar-refractivity contribution in [3.8, 4) is 11.1 Å². The average Bonchev–Trinajstić information content (AvgIpc) is 3.27. The van der Waals surface area contributed by atoms with Crippen LogP contribution in [-0.4, -0.2) is 54.2 Å². The normalized spacial score (nSPS) is 20.3. The molecular weight excluding hydrogens is 437 g/mol. The Labute approximate surface area is 195 Å². The molecule has 2 unspecified atom stereocenters. The molecular formula is C26H22FN3O2S. The van der Waals surface area contributed by atoms with Crippen LogP contribution in [0.15, 0.2) is 72.8 Å². The van der Waals surface area contributed by atoms with E-state index in [4.69, 9.17) is 9.72 Å². The number of ether oxygens (including phenoxy) is 1. The lowest BCUT2D eigenvalue weighted by molar-refractivity contribution is -0.0845. The molecule has 3 aromatic carbocycles. The van der Waals surface area contributed by atoms with Crippen molar-refractivity contribution in [2.75, 3.05) is 31.1 Å². The van der Waals surface area contributed by atoms with E-state index in [0.717, 1.165) is 26.5 Å². The predicted octanol–water partition coefficient (Wildman–Crippen LogP) is 4.83. The minimum atomic E-state index is -0.249. The summed E-state index contributed by atoms with van der Waals surface area (Å²) in [5.74, 6) is -0.210. The topological polar surface area (TPSA) is 45.7 Å². The molecule has 2 saturated heterocycles. The minimum absolute atomic E-state index is 0.0386. The molecule has 6 rings (SSSR count). The van der Waals surface area contributed by atoms with E-state index in [0.29, 0.717) is 31.7 Å². The van der Waals surface area contributed by atoms with Crippen molar-refractivity contribution in [1.29, 1.82) is 0 Å². The summed E-state index contributed by atoms with van der Waals surface area (Å²) in [6.07, 6.45) is -0.178. The molecule has 0 N–H and O–H groups in total. The molecule has 3 heterocycles. The number of carbonyl (C=O) groups excluding carboxylic acids is 1. The molecule has 1 amide bonds. The van der Waals surface area contributed by atoms with Gasteiger partial charge in [0, 0.05) is 31.7 Å². The Morgan fingerprint density at radius 3 is 2.45 bits per heavy atom. The molecule has 33 heavy (non-hydrogen) atoms. The highest BCUT2D eigenvalue weighted by atomic mass is 32.1. The summed E-state index contributed by atoms with van der Waals surface area (Å²) in [5, 5.41) is 0.878. The standard InChI is InChI=1S/C26H22FN3O2S/c27-18-10-11-23-24(12-18)33-26(28-23)30-15-19-13-29(14-20(16-30)32-19)25(31)22-9-5-4-8-21(22)17-6-2-1-3-7-17/h1-12,19-20H,13-16H2. The minimum Gasteiger partial charge on any atom is -0.368 e. The summed E-state index contributed by atoms with van der Waals surface area (Å²) in [7, 11) is 0. The zero-order chi connectivity index (χ0) is 22.4. The number of benzene rings is 3. The SMILES string of the molecule is O=C(c1ccccc1-c1ccccc1)N1CC2CN(c3nc4ccc(F)cc4s3)CC(C1)O2. The lowest BCUT2D eigenvalue weighted by Crippen LogP contribution is -2.60. The summed E-state index contributed by atoms with van der Waals surface area (Å²) in [6, 6.07) is 22.5. The second-order valence-corrected chi connectivity index (χ2v) is 9.52. The van der Waals surface area contributed by atoms with E-state index in [1.165, 1.54) is 23.5 Å². The van der Waals surface area contributed by atoms with Crippen LogP contribution in [0.3, 0.4) is 0 Å². The van der Waals surface area contributed by atoms with Gasteiger partial charge in [0.2, 0.25) is 0 Å². The monoisotopic (exact) mass is 459 g/mol. The number of rotatable bonds is 3. The van der Waals surface area contributed by atoms with Crippen LogP contribution in [0.2, 0.25) is 0 Å². The Morgan fingerprint density at radius 1 is 0.939 bits per heavy atom. The molecule has 166 valence electrons. The van der Waals surface area contributed by atoms with Crippen LogP contribution in [0.5, 0.6) is 0 Å². The third-order valence-electron chi connectivity index (χ3n) is 6.22. The van der Waals surface area contributed by atoms with Gasteiger partial charge in [-0.05, 0) is 35.4 Å². The number of carbonyl (C=O) groups is 1. The quantitative estimate of drug-likeness (QED) is 0.440. The summed E-state index contributed by atoms with van der Waals surface area (Å²) in [5.41, 5.74) is 3.51. The van der Waals surface area contributed by atoms with Gasteiger partial charge in [0.1, 0.15) is 5.82 Å². The molecule has 0 radical (unpaired) electrons. The van der Waals surface area contributed by atoms with E-state index < -0.39 is 0 Å². The van der Waals surface area contributed by atoms with Crippen LogP contribution in [0.25, 0.3) is 21.3 Å². The molecule has 2 bridgehead atoms. The molecule has 4 aromatic rings. The number of nitrogens with zero attached hydrogens (tertiary/aromatic N) is 3. The van der Waals surface area contributed by atoms with Crippen molar-refractivity contribution < 1.29 is 13.9 Å². The van der Waals surface area contributed by atoms with Gasteiger partial charge in [-0.25, -0.2) is 9.37 Å². The molecule has 2 aliphatic rings. The third-order valence-corrected chi connectivity index (χ3v) is 7.30. The van der Waals surface area contributed by atoms with Gasteiger partial charge in [-0.1, -0.05) is 59.9 Å². The van der Waals surface area contributed by atoms with Crippen molar-refractivity contribution in [2.24, 2.45) is 0 Å². The van der Waals surface area contributed by atoms with Gasteiger partial charge in [-0.15, -0.1) is 0 Å². The van der Waals surface area contributed by atoms with Crippen molar-refractivity contribution in [2.45, 2.75) is 12.2 Å². The summed E-state index contributed by atoms with van der Waals surface area (Å²) >= 11 is 1.50. The zero-order valence-electron chi connectivity index (χ0n) is 17.9. The second-order valence-electron chi connectivity index (χ2n) is 8.52. The predicted molar refractivity (Wildman–Crippen MR) is 128 cm³/mol. The first-order chi connectivity index (χ1) is 16.1. The van der Waals surface area contributed by atoms with E-state index in [1.807, 2.05) is 59.5 Å². The van der Waals surface area contributed by atoms with Crippen LogP contribution >= 0.6 is 11.3 Å². The van der Waals surface area contributed by atoms with E-state index in [2.05, 4.69) is 4.90 Å². The summed E-state index contributed by atoms with van der Waals surface area (Å²) in [6.45, 7) is 2.38. The Hall–Kier alpha value is -3.29. The van der Waals surface area contributed by atoms with Crippen LogP contribution in [0.4, 0.5) is 9.52 Å². The highest BCUT2D eigenvalue weighted by Crippen LogP contribution is 2.33. The highest BCUT2D eigenvalue weighted by Gasteiger charge is 2.38. The first-order valence-corrected chi connectivity index (χ1v) is 11.9. The zero-order valence-corrected chi connectivity index (χ0v) is 18.7. The van der Waals surface area contributed by atoms with Gasteiger partial charge >= 0.3 is 0 Å². The van der Waals surface area contributed by atoms with E-state index >= 15 is 0 Å². The maximum atomic E-state index is 13.6. The number of hydrogen-bond donors (Lipinski definition) is 0. The molecule has 2 atom stereocenters. The molecule has 0 aliphatic carbocycles. The van der Waals surface area contributed by atoms with Gasteiger partial charge in [0.25, 0.3) is 5.91 Å². The smallest absolute Gasteiger partial charge is 0.254 e. The number of morpholine rings is 2. The largest absolute Gasteiger partial charge is 0.368 e. The van der Waals surface area contributed by atoms with Crippen LogP contribution in [0, 0.1) is 5.82 Å². The molecule has 2 aliphatic heterocycles. The fourth-order valence-electron chi connectivity index (χ4n) is 4.75. The maximum Gasteiger partial charge on any atom is 0.254 e. The number of amides is 1. The van der Waals surface area contributed by atoms with Crippen molar-refractivity contribution in [3.63, 3.8) is 0 Å². The number of halogens is 1. The maximum absolute atomic E-state index is 13.6. The number of hydrogen-bond acceptors (Lipinski definition) is 5. The lowest BCUT2D eigenvalue weighted by atomic mass is 9.98. The molecule has 1 aromatic heterocycles. The number of aromatic nitrogens is 1. The van der Waals surface area contributed by atoms with Gasteiger partial charge in [0.05, 0.1) is 22.4 Å². The van der Waals surface area contributed by atoms with Crippen LogP contribution < -0.4 is 4.90 Å². The summed E-state index contributed by atoms with van der Waals surface area (Å²) in [4.78, 5) is 22.4. The van der Waals surface area contributed by atoms with Crippen LogP contribution in [0.1, 0.15) is 10.4 Å². The first-order valence-electron chi connectivity index (χ1n) is 11.0.